The second kappa shape index (κ2) is 4.51. The van der Waals surface area contributed by atoms with Crippen molar-refractivity contribution in [3.63, 3.8) is 0 Å². The van der Waals surface area contributed by atoms with Crippen molar-refractivity contribution in [1.29, 1.82) is 0 Å². The topological polar surface area (TPSA) is 58.6 Å². The summed E-state index contributed by atoms with van der Waals surface area (Å²) in [6.07, 6.45) is 1.27. The Balaban J connectivity index is 1.76. The maximum Gasteiger partial charge on any atom is 0.325 e. The molecule has 1 N–H and O–H groups in total. The molecule has 106 valence electrons. The molecule has 0 saturated carbocycles. The molecular formula is C15H18N2O3. The molecule has 2 atom stereocenters. The predicted molar refractivity (Wildman–Crippen MR) is 73.5 cm³/mol. The highest BCUT2D eigenvalue weighted by molar-refractivity contribution is 6.06. The van der Waals surface area contributed by atoms with E-state index in [0.29, 0.717) is 13.0 Å². The van der Waals surface area contributed by atoms with Gasteiger partial charge in [-0.3, -0.25) is 10.1 Å². The van der Waals surface area contributed by atoms with Crippen LogP contribution in [-0.2, 0) is 11.2 Å². The third kappa shape index (κ3) is 1.85. The van der Waals surface area contributed by atoms with E-state index in [9.17, 15) is 9.59 Å². The van der Waals surface area contributed by atoms with E-state index in [1.54, 1.807) is 11.8 Å². The second-order valence-electron chi connectivity index (χ2n) is 5.55. The third-order valence-corrected chi connectivity index (χ3v) is 4.34. The first kappa shape index (κ1) is 13.0. The van der Waals surface area contributed by atoms with E-state index in [1.165, 1.54) is 0 Å². The smallest absolute Gasteiger partial charge is 0.325 e. The number of rotatable bonds is 3. The Labute approximate surface area is 117 Å². The fourth-order valence-corrected chi connectivity index (χ4v) is 2.84. The minimum absolute atomic E-state index is 0.0880. The van der Waals surface area contributed by atoms with Crippen LogP contribution >= 0.6 is 0 Å². The SMILES string of the molecule is CCC1(C)C(=O)NC(=O)N1CC1Cc2ccccc2O1. The maximum atomic E-state index is 12.0. The number of carbonyl (C=O) groups is 2. The number of carbonyl (C=O) groups excluding carboxylic acids is 2. The van der Waals surface area contributed by atoms with E-state index in [4.69, 9.17) is 4.74 Å². The normalized spacial score (nSPS) is 28.3. The molecule has 20 heavy (non-hydrogen) atoms. The van der Waals surface area contributed by atoms with Crippen LogP contribution in [0, 0.1) is 0 Å². The van der Waals surface area contributed by atoms with E-state index in [2.05, 4.69) is 5.32 Å². The van der Waals surface area contributed by atoms with Gasteiger partial charge in [0.2, 0.25) is 0 Å². The highest BCUT2D eigenvalue weighted by Gasteiger charge is 2.49. The Kier molecular flexibility index (Phi) is 2.92. The summed E-state index contributed by atoms with van der Waals surface area (Å²) in [6.45, 7) is 4.14. The van der Waals surface area contributed by atoms with Crippen LogP contribution in [0.2, 0.25) is 0 Å². The molecule has 0 bridgehead atoms. The highest BCUT2D eigenvalue weighted by atomic mass is 16.5. The molecule has 3 rings (SSSR count). The maximum absolute atomic E-state index is 12.0. The van der Waals surface area contributed by atoms with Gasteiger partial charge in [0.05, 0.1) is 6.54 Å². The van der Waals surface area contributed by atoms with Crippen molar-refractivity contribution in [2.45, 2.75) is 38.3 Å². The van der Waals surface area contributed by atoms with E-state index in [0.717, 1.165) is 17.7 Å². The molecule has 1 fully saturated rings. The number of ether oxygens (including phenoxy) is 1. The summed E-state index contributed by atoms with van der Waals surface area (Å²) in [5.41, 5.74) is 0.386. The monoisotopic (exact) mass is 274 g/mol. The molecule has 2 aliphatic rings. The minimum Gasteiger partial charge on any atom is -0.488 e. The van der Waals surface area contributed by atoms with E-state index in [1.807, 2.05) is 31.2 Å². The molecule has 2 aliphatic heterocycles. The molecule has 2 heterocycles. The average molecular weight is 274 g/mol. The van der Waals surface area contributed by atoms with Gasteiger partial charge in [-0.15, -0.1) is 0 Å². The molecule has 1 saturated heterocycles. The lowest BCUT2D eigenvalue weighted by Crippen LogP contribution is -2.50. The number of urea groups is 1. The van der Waals surface area contributed by atoms with Crippen molar-refractivity contribution < 1.29 is 14.3 Å². The molecule has 5 heteroatoms. The number of nitrogens with one attached hydrogen (secondary N) is 1. The van der Waals surface area contributed by atoms with Crippen LogP contribution < -0.4 is 10.1 Å². The van der Waals surface area contributed by atoms with Gasteiger partial charge in [-0.25, -0.2) is 4.79 Å². The van der Waals surface area contributed by atoms with Gasteiger partial charge in [0.25, 0.3) is 5.91 Å². The zero-order chi connectivity index (χ0) is 14.3. The molecule has 1 aromatic rings. The molecule has 0 aromatic heterocycles. The van der Waals surface area contributed by atoms with Crippen molar-refractivity contribution in [3.05, 3.63) is 29.8 Å². The lowest BCUT2D eigenvalue weighted by Gasteiger charge is -2.32. The van der Waals surface area contributed by atoms with E-state index < -0.39 is 5.54 Å². The zero-order valence-electron chi connectivity index (χ0n) is 11.7. The van der Waals surface area contributed by atoms with Crippen LogP contribution in [0.1, 0.15) is 25.8 Å². The molecule has 0 spiro atoms. The van der Waals surface area contributed by atoms with Crippen molar-refractivity contribution in [2.75, 3.05) is 6.54 Å². The summed E-state index contributed by atoms with van der Waals surface area (Å²) in [4.78, 5) is 25.5. The second-order valence-corrected chi connectivity index (χ2v) is 5.55. The van der Waals surface area contributed by atoms with Gasteiger partial charge in [0.15, 0.2) is 0 Å². The molecule has 5 nitrogen and oxygen atoms in total. The Morgan fingerprint density at radius 1 is 1.40 bits per heavy atom. The third-order valence-electron chi connectivity index (χ3n) is 4.34. The molecular weight excluding hydrogens is 256 g/mol. The van der Waals surface area contributed by atoms with Crippen LogP contribution in [0.5, 0.6) is 5.75 Å². The standard InChI is InChI=1S/C15H18N2O3/c1-3-15(2)13(18)16-14(19)17(15)9-11-8-10-6-4-5-7-12(10)20-11/h4-7,11H,3,8-9H2,1-2H3,(H,16,18,19). The molecule has 3 amide bonds. The number of hydrogen-bond donors (Lipinski definition) is 1. The van der Waals surface area contributed by atoms with Crippen LogP contribution in [0.4, 0.5) is 4.79 Å². The van der Waals surface area contributed by atoms with Gasteiger partial charge >= 0.3 is 6.03 Å². The van der Waals surface area contributed by atoms with E-state index >= 15 is 0 Å². The molecule has 1 aromatic carbocycles. The fraction of sp³-hybridized carbons (Fsp3) is 0.467. The fourth-order valence-electron chi connectivity index (χ4n) is 2.84. The Hall–Kier alpha value is -2.04. The number of nitrogens with zero attached hydrogens (tertiary/aromatic N) is 1. The number of benzene rings is 1. The van der Waals surface area contributed by atoms with Gasteiger partial charge in [0, 0.05) is 6.42 Å². The van der Waals surface area contributed by atoms with Crippen molar-refractivity contribution in [3.8, 4) is 5.75 Å². The largest absolute Gasteiger partial charge is 0.488 e. The van der Waals surface area contributed by atoms with Gasteiger partial charge < -0.3 is 9.64 Å². The summed E-state index contributed by atoms with van der Waals surface area (Å²) in [6, 6.07) is 7.56. The lowest BCUT2D eigenvalue weighted by atomic mass is 9.97. The quantitative estimate of drug-likeness (QED) is 0.854. The van der Waals surface area contributed by atoms with Gasteiger partial charge in [-0.1, -0.05) is 25.1 Å². The number of fused-ring (bicyclic) bond motifs is 1. The van der Waals surface area contributed by atoms with Crippen LogP contribution in [-0.4, -0.2) is 35.0 Å². The van der Waals surface area contributed by atoms with Crippen molar-refractivity contribution >= 4 is 11.9 Å². The Morgan fingerprint density at radius 3 is 2.85 bits per heavy atom. The first-order valence-electron chi connectivity index (χ1n) is 6.92. The highest BCUT2D eigenvalue weighted by Crippen LogP contribution is 2.31. The number of hydrogen-bond acceptors (Lipinski definition) is 3. The first-order valence-corrected chi connectivity index (χ1v) is 6.92. The molecule has 2 unspecified atom stereocenters. The lowest BCUT2D eigenvalue weighted by molar-refractivity contribution is -0.126. The summed E-state index contributed by atoms with van der Waals surface area (Å²) < 4.78 is 5.86. The molecule has 0 radical (unpaired) electrons. The Bertz CT molecular complexity index is 547. The van der Waals surface area contributed by atoms with Gasteiger partial charge in [-0.05, 0) is 25.0 Å². The predicted octanol–water partition coefficient (Wildman–Crippen LogP) is 1.71. The van der Waals surface area contributed by atoms with E-state index in [-0.39, 0.29) is 18.0 Å². The van der Waals surface area contributed by atoms with Crippen molar-refractivity contribution in [2.24, 2.45) is 0 Å². The zero-order valence-corrected chi connectivity index (χ0v) is 11.7. The van der Waals surface area contributed by atoms with Gasteiger partial charge in [0.1, 0.15) is 17.4 Å². The number of imide groups is 1. The van der Waals surface area contributed by atoms with Crippen LogP contribution in [0.25, 0.3) is 0 Å². The summed E-state index contributed by atoms with van der Waals surface area (Å²) in [5, 5.41) is 2.40. The van der Waals surface area contributed by atoms with Gasteiger partial charge in [-0.2, -0.15) is 0 Å². The number of para-hydroxylation sites is 1. The minimum atomic E-state index is -0.769. The summed E-state index contributed by atoms with van der Waals surface area (Å²) >= 11 is 0. The first-order chi connectivity index (χ1) is 9.54. The number of amides is 3. The Morgan fingerprint density at radius 2 is 2.15 bits per heavy atom. The summed E-state index contributed by atoms with van der Waals surface area (Å²) in [7, 11) is 0. The van der Waals surface area contributed by atoms with Crippen LogP contribution in [0.15, 0.2) is 24.3 Å². The average Bonchev–Trinajstić information content (AvgIpc) is 2.93. The van der Waals surface area contributed by atoms with Crippen LogP contribution in [0.3, 0.4) is 0 Å². The molecule has 0 aliphatic carbocycles. The van der Waals surface area contributed by atoms with Crippen molar-refractivity contribution in [1.82, 2.24) is 10.2 Å². The summed E-state index contributed by atoms with van der Waals surface area (Å²) in [5.74, 6) is 0.655.